The number of nitrogens with two attached hydrogens (primary N) is 1. The Bertz CT molecular complexity index is 2130. The number of nitrogens with zero attached hydrogens (tertiary/aromatic N) is 2. The summed E-state index contributed by atoms with van der Waals surface area (Å²) < 4.78 is 21.2. The van der Waals surface area contributed by atoms with Crippen molar-refractivity contribution < 1.29 is 33.3 Å². The number of carbonyl (C=O) groups is 3. The molecule has 0 radical (unpaired) electrons. The number of hydrogen-bond acceptors (Lipinski definition) is 8. The van der Waals surface area contributed by atoms with Gasteiger partial charge in [0.15, 0.2) is 0 Å². The fourth-order valence-corrected chi connectivity index (χ4v) is 5.37. The average molecular weight is 789 g/mol. The summed E-state index contributed by atoms with van der Waals surface area (Å²) in [5, 5.41) is 2.87. The van der Waals surface area contributed by atoms with Crippen LogP contribution in [0.1, 0.15) is 47.5 Å². The largest absolute Gasteiger partial charge is 0.497 e. The molecule has 5 aromatic rings. The normalized spacial score (nSPS) is 10.6. The molecule has 0 aliphatic carbocycles. The summed E-state index contributed by atoms with van der Waals surface area (Å²) in [7, 11) is 13.2. The number of likely N-dealkylation sites (N-methyl/N-ethyl adjacent to an activating group) is 2. The minimum atomic E-state index is -0.193. The van der Waals surface area contributed by atoms with E-state index in [1.54, 1.807) is 116 Å². The summed E-state index contributed by atoms with van der Waals surface area (Å²) >= 11 is 0. The van der Waals surface area contributed by atoms with E-state index in [4.69, 9.17) is 24.7 Å². The summed E-state index contributed by atoms with van der Waals surface area (Å²) in [6.07, 6.45) is 3.61. The van der Waals surface area contributed by atoms with Gasteiger partial charge in [-0.3, -0.25) is 14.4 Å². The molecule has 0 spiro atoms. The van der Waals surface area contributed by atoms with Crippen LogP contribution in [0.5, 0.6) is 23.0 Å². The van der Waals surface area contributed by atoms with Crippen molar-refractivity contribution in [3.05, 3.63) is 143 Å². The maximum atomic E-state index is 12.9. The second kappa shape index (κ2) is 22.5. The molecule has 3 amide bonds. The third-order valence-corrected chi connectivity index (χ3v) is 8.35. The zero-order valence-electron chi connectivity index (χ0n) is 33.0. The van der Waals surface area contributed by atoms with E-state index in [-0.39, 0.29) is 32.6 Å². The Kier molecular flexibility index (Phi) is 18.3. The molecule has 0 unspecified atom stereocenters. The standard InChI is InChI=1S/C26H26N2O4.C19H22N2O3.2CH4/c1-28(2)26(30)24(16-18-14-22(31-3)17-23(15-18)32-4)19-10-12-21(13-11-19)27-25(29)20-8-6-5-7-9-20;1-21(2)19(22)18(14-5-7-15(20)8-6-14)11-13-9-16(23-3)12-17(10-13)24-4;;/h5-17H,1-4H3,(H,27,29);5-12H,20H2,1-4H3;2*1H4/b24-16+;18-11+;;. The molecule has 0 heterocycles. The molecule has 5 rings (SSSR count). The first-order chi connectivity index (χ1) is 26.8. The Morgan fingerprint density at radius 3 is 1.22 bits per heavy atom. The number of nitrogens with one attached hydrogen (secondary N) is 1. The average Bonchev–Trinajstić information content (AvgIpc) is 3.22. The topological polar surface area (TPSA) is 133 Å². The number of nitrogen functional groups attached to an aromatic ring is 1. The van der Waals surface area contributed by atoms with Crippen LogP contribution in [-0.4, -0.2) is 84.2 Å². The number of anilines is 2. The first-order valence-electron chi connectivity index (χ1n) is 17.5. The van der Waals surface area contributed by atoms with Crippen molar-refractivity contribution in [2.75, 3.05) is 67.7 Å². The van der Waals surface area contributed by atoms with E-state index in [0.717, 1.165) is 22.3 Å². The molecule has 306 valence electrons. The predicted octanol–water partition coefficient (Wildman–Crippen LogP) is 8.77. The van der Waals surface area contributed by atoms with Gasteiger partial charge in [-0.15, -0.1) is 0 Å². The van der Waals surface area contributed by atoms with Crippen molar-refractivity contribution in [1.29, 1.82) is 0 Å². The van der Waals surface area contributed by atoms with Crippen molar-refractivity contribution in [2.45, 2.75) is 14.9 Å². The molecule has 11 nitrogen and oxygen atoms in total. The van der Waals surface area contributed by atoms with Crippen LogP contribution in [0, 0.1) is 0 Å². The molecule has 0 bridgehead atoms. The number of ether oxygens (including phenoxy) is 4. The third-order valence-electron chi connectivity index (χ3n) is 8.35. The van der Waals surface area contributed by atoms with E-state index in [1.807, 2.05) is 72.8 Å². The van der Waals surface area contributed by atoms with Crippen LogP contribution in [-0.2, 0) is 9.59 Å². The van der Waals surface area contributed by atoms with E-state index >= 15 is 0 Å². The maximum absolute atomic E-state index is 12.9. The lowest BCUT2D eigenvalue weighted by Gasteiger charge is -2.15. The van der Waals surface area contributed by atoms with Crippen LogP contribution in [0.15, 0.2) is 115 Å². The highest BCUT2D eigenvalue weighted by atomic mass is 16.5. The van der Waals surface area contributed by atoms with Crippen LogP contribution >= 0.6 is 0 Å². The molecule has 5 aromatic carbocycles. The lowest BCUT2D eigenvalue weighted by Crippen LogP contribution is -2.22. The van der Waals surface area contributed by atoms with Crippen LogP contribution in [0.3, 0.4) is 0 Å². The molecule has 0 saturated heterocycles. The van der Waals surface area contributed by atoms with Crippen molar-refractivity contribution in [3.63, 3.8) is 0 Å². The van der Waals surface area contributed by atoms with Gasteiger partial charge in [-0.1, -0.05) is 57.3 Å². The monoisotopic (exact) mass is 788 g/mol. The summed E-state index contributed by atoms with van der Waals surface area (Å²) in [6.45, 7) is 0. The van der Waals surface area contributed by atoms with Gasteiger partial charge in [-0.05, 0) is 95.1 Å². The van der Waals surface area contributed by atoms with Gasteiger partial charge in [0.1, 0.15) is 23.0 Å². The van der Waals surface area contributed by atoms with Gasteiger partial charge in [0, 0.05) is 68.4 Å². The van der Waals surface area contributed by atoms with E-state index in [1.165, 1.54) is 4.90 Å². The van der Waals surface area contributed by atoms with Gasteiger partial charge in [0.25, 0.3) is 17.7 Å². The van der Waals surface area contributed by atoms with Gasteiger partial charge in [-0.25, -0.2) is 0 Å². The zero-order chi connectivity index (χ0) is 40.8. The van der Waals surface area contributed by atoms with E-state index in [0.29, 0.717) is 51.1 Å². The molecule has 0 aromatic heterocycles. The van der Waals surface area contributed by atoms with Gasteiger partial charge < -0.3 is 39.8 Å². The molecule has 58 heavy (non-hydrogen) atoms. The van der Waals surface area contributed by atoms with Crippen molar-refractivity contribution in [1.82, 2.24) is 9.80 Å². The van der Waals surface area contributed by atoms with E-state index < -0.39 is 0 Å². The molecule has 0 saturated carbocycles. The second-order valence-corrected chi connectivity index (χ2v) is 12.8. The molecular formula is C47H56N4O7. The predicted molar refractivity (Wildman–Crippen MR) is 237 cm³/mol. The van der Waals surface area contributed by atoms with Crippen molar-refractivity contribution >= 4 is 52.4 Å². The van der Waals surface area contributed by atoms with Crippen LogP contribution in [0.2, 0.25) is 0 Å². The highest BCUT2D eigenvalue weighted by molar-refractivity contribution is 6.24. The van der Waals surface area contributed by atoms with Crippen molar-refractivity contribution in [2.24, 2.45) is 0 Å². The number of benzene rings is 5. The first kappa shape index (κ1) is 47.1. The van der Waals surface area contributed by atoms with Gasteiger partial charge in [0.05, 0.1) is 28.4 Å². The third kappa shape index (κ3) is 13.0. The van der Waals surface area contributed by atoms with Gasteiger partial charge >= 0.3 is 0 Å². The minimum absolute atomic E-state index is 0. The molecule has 3 N–H and O–H groups in total. The Morgan fingerprint density at radius 1 is 0.517 bits per heavy atom. The van der Waals surface area contributed by atoms with E-state index in [9.17, 15) is 14.4 Å². The lowest BCUT2D eigenvalue weighted by atomic mass is 10.0. The summed E-state index contributed by atoms with van der Waals surface area (Å²) in [5.41, 5.74) is 11.8. The summed E-state index contributed by atoms with van der Waals surface area (Å²) in [6, 6.07) is 34.3. The number of methoxy groups -OCH3 is 4. The van der Waals surface area contributed by atoms with Gasteiger partial charge in [-0.2, -0.15) is 0 Å². The quantitative estimate of drug-likeness (QED) is 0.0729. The Hall–Kier alpha value is -7.01. The highest BCUT2D eigenvalue weighted by Gasteiger charge is 2.17. The molecule has 0 aliphatic rings. The Labute approximate surface area is 343 Å². The Balaban J connectivity index is 0.000000402. The van der Waals surface area contributed by atoms with Crippen LogP contribution in [0.4, 0.5) is 11.4 Å². The van der Waals surface area contributed by atoms with E-state index in [2.05, 4.69) is 5.32 Å². The number of rotatable bonds is 12. The summed E-state index contributed by atoms with van der Waals surface area (Å²) in [4.78, 5) is 41.0. The lowest BCUT2D eigenvalue weighted by molar-refractivity contribution is -0.123. The summed E-state index contributed by atoms with van der Waals surface area (Å²) in [5.74, 6) is 2.15. The Morgan fingerprint density at radius 2 is 0.879 bits per heavy atom. The number of carbonyl (C=O) groups excluding carboxylic acids is 3. The van der Waals surface area contributed by atoms with Crippen LogP contribution in [0.25, 0.3) is 23.3 Å². The SMILES string of the molecule is C.C.COc1cc(/C=C(/C(=O)N(C)C)c2ccc(N)cc2)cc(OC)c1.COc1cc(/C=C(/C(=O)N(C)C)c2ccc(NC(=O)c3ccccc3)cc2)cc(OC)c1. The molecule has 0 aliphatic heterocycles. The fraction of sp³-hybridized carbons (Fsp3) is 0.213. The first-order valence-corrected chi connectivity index (χ1v) is 17.5. The molecule has 11 heteroatoms. The minimum Gasteiger partial charge on any atom is -0.497 e. The molecule has 0 fully saturated rings. The molecular weight excluding hydrogens is 733 g/mol. The zero-order valence-corrected chi connectivity index (χ0v) is 33.0. The maximum Gasteiger partial charge on any atom is 0.255 e. The number of amides is 3. The fourth-order valence-electron chi connectivity index (χ4n) is 5.37. The highest BCUT2D eigenvalue weighted by Crippen LogP contribution is 2.29. The second-order valence-electron chi connectivity index (χ2n) is 12.8. The smallest absolute Gasteiger partial charge is 0.255 e. The number of hydrogen-bond donors (Lipinski definition) is 2. The van der Waals surface area contributed by atoms with Gasteiger partial charge in [0.2, 0.25) is 0 Å². The molecule has 0 atom stereocenters. The van der Waals surface area contributed by atoms with Crippen molar-refractivity contribution in [3.8, 4) is 23.0 Å². The van der Waals surface area contributed by atoms with Crippen LogP contribution < -0.4 is 30.0 Å².